The van der Waals surface area contributed by atoms with Gasteiger partial charge in [-0.3, -0.25) is 0 Å². The molecule has 0 aliphatic carbocycles. The molecular formula is C13H18N2O3S. The maximum absolute atomic E-state index is 11.9. The van der Waals surface area contributed by atoms with Crippen LogP contribution in [-0.2, 0) is 16.4 Å². The smallest absolute Gasteiger partial charge is 0.228 e. The second kappa shape index (κ2) is 7.24. The topological polar surface area (TPSA) is 90.2 Å². The number of sulfonamides is 1. The third-order valence-corrected chi connectivity index (χ3v) is 4.62. The molecule has 6 heteroatoms. The van der Waals surface area contributed by atoms with Crippen molar-refractivity contribution in [1.29, 1.82) is 5.26 Å². The van der Waals surface area contributed by atoms with Crippen molar-refractivity contribution in [2.75, 3.05) is 6.61 Å². The summed E-state index contributed by atoms with van der Waals surface area (Å²) in [4.78, 5) is 0. The first-order valence-electron chi connectivity index (χ1n) is 6.09. The van der Waals surface area contributed by atoms with Gasteiger partial charge in [-0.15, -0.1) is 0 Å². The van der Waals surface area contributed by atoms with Gasteiger partial charge in [0.2, 0.25) is 10.0 Å². The molecule has 2 atom stereocenters. The Hall–Kier alpha value is -1.42. The Morgan fingerprint density at radius 2 is 2.00 bits per heavy atom. The van der Waals surface area contributed by atoms with Gasteiger partial charge in [0, 0.05) is 6.04 Å². The van der Waals surface area contributed by atoms with Crippen molar-refractivity contribution >= 4 is 10.0 Å². The Balaban J connectivity index is 2.75. The molecule has 0 bridgehead atoms. The van der Waals surface area contributed by atoms with E-state index in [1.54, 1.807) is 13.0 Å². The first kappa shape index (κ1) is 15.6. The number of aliphatic hydroxyl groups excluding tert-OH is 1. The third-order valence-electron chi connectivity index (χ3n) is 2.77. The molecular weight excluding hydrogens is 264 g/mol. The van der Waals surface area contributed by atoms with Gasteiger partial charge in [-0.2, -0.15) is 5.26 Å². The fourth-order valence-electron chi connectivity index (χ4n) is 1.74. The van der Waals surface area contributed by atoms with Crippen LogP contribution in [0.25, 0.3) is 0 Å². The summed E-state index contributed by atoms with van der Waals surface area (Å²) >= 11 is 0. The summed E-state index contributed by atoms with van der Waals surface area (Å²) in [5.41, 5.74) is 0.925. The van der Waals surface area contributed by atoms with Crippen molar-refractivity contribution in [2.24, 2.45) is 0 Å². The molecule has 0 aliphatic rings. The Morgan fingerprint density at radius 3 is 2.47 bits per heavy atom. The number of rotatable bonds is 7. The van der Waals surface area contributed by atoms with Crippen LogP contribution in [0.15, 0.2) is 30.3 Å². The van der Waals surface area contributed by atoms with Crippen LogP contribution >= 0.6 is 0 Å². The maximum Gasteiger partial charge on any atom is 0.228 e. The summed E-state index contributed by atoms with van der Waals surface area (Å²) < 4.78 is 26.2. The summed E-state index contributed by atoms with van der Waals surface area (Å²) in [6.07, 6.45) is 0.605. The highest BCUT2D eigenvalue weighted by atomic mass is 32.2. The summed E-state index contributed by atoms with van der Waals surface area (Å²) in [5.74, 6) is 0. The quantitative estimate of drug-likeness (QED) is 0.774. The Labute approximate surface area is 113 Å². The molecule has 0 aliphatic heterocycles. The van der Waals surface area contributed by atoms with Gasteiger partial charge in [-0.05, 0) is 18.4 Å². The molecule has 1 aromatic rings. The van der Waals surface area contributed by atoms with Gasteiger partial charge in [-0.1, -0.05) is 37.3 Å². The number of nitriles is 1. The van der Waals surface area contributed by atoms with Gasteiger partial charge in [-0.25, -0.2) is 13.1 Å². The summed E-state index contributed by atoms with van der Waals surface area (Å²) in [6.45, 7) is 1.33. The van der Waals surface area contributed by atoms with E-state index in [0.29, 0.717) is 6.42 Å². The Bertz CT molecular complexity index is 523. The fourth-order valence-corrected chi connectivity index (χ4v) is 3.10. The van der Waals surface area contributed by atoms with Crippen molar-refractivity contribution in [3.63, 3.8) is 0 Å². The molecule has 0 saturated heterocycles. The lowest BCUT2D eigenvalue weighted by atomic mass is 10.1. The fraction of sp³-hybridized carbons (Fsp3) is 0.462. The largest absolute Gasteiger partial charge is 0.395 e. The van der Waals surface area contributed by atoms with Crippen LogP contribution in [0, 0.1) is 11.3 Å². The lowest BCUT2D eigenvalue weighted by molar-refractivity contribution is 0.256. The van der Waals surface area contributed by atoms with E-state index < -0.39 is 21.3 Å². The molecule has 0 heterocycles. The molecule has 0 saturated carbocycles. The second-order valence-electron chi connectivity index (χ2n) is 4.26. The molecule has 5 nitrogen and oxygen atoms in total. The van der Waals surface area contributed by atoms with Crippen LogP contribution in [0.1, 0.15) is 18.9 Å². The highest BCUT2D eigenvalue weighted by Gasteiger charge is 2.26. The van der Waals surface area contributed by atoms with Crippen LogP contribution < -0.4 is 4.72 Å². The number of hydrogen-bond acceptors (Lipinski definition) is 4. The van der Waals surface area contributed by atoms with Crippen molar-refractivity contribution < 1.29 is 13.5 Å². The maximum atomic E-state index is 11.9. The van der Waals surface area contributed by atoms with Crippen LogP contribution in [0.4, 0.5) is 0 Å². The number of hydrogen-bond donors (Lipinski definition) is 2. The van der Waals surface area contributed by atoms with Crippen LogP contribution in [0.2, 0.25) is 0 Å². The molecule has 1 aromatic carbocycles. The van der Waals surface area contributed by atoms with Gasteiger partial charge in [0.25, 0.3) is 0 Å². The second-order valence-corrected chi connectivity index (χ2v) is 6.15. The van der Waals surface area contributed by atoms with Crippen LogP contribution in [-0.4, -0.2) is 31.4 Å². The predicted molar refractivity (Wildman–Crippen MR) is 72.8 cm³/mol. The molecule has 104 valence electrons. The zero-order chi connectivity index (χ0) is 14.3. The number of aliphatic hydroxyl groups is 1. The van der Waals surface area contributed by atoms with E-state index in [0.717, 1.165) is 5.56 Å². The molecule has 2 unspecified atom stereocenters. The lowest BCUT2D eigenvalue weighted by Crippen LogP contribution is -2.43. The molecule has 0 amide bonds. The number of nitrogens with zero attached hydrogens (tertiary/aromatic N) is 1. The average molecular weight is 282 g/mol. The van der Waals surface area contributed by atoms with Gasteiger partial charge >= 0.3 is 0 Å². The standard InChI is InChI=1S/C13H18N2O3S/c1-2-13(9-14)19(17,18)15-12(10-16)8-11-6-4-3-5-7-11/h3-7,12-13,15-16H,2,8,10H2,1H3. The van der Waals surface area contributed by atoms with Gasteiger partial charge in [0.05, 0.1) is 12.7 Å². The van der Waals surface area contributed by atoms with Gasteiger partial charge in [0.15, 0.2) is 5.25 Å². The van der Waals surface area contributed by atoms with Crippen LogP contribution in [0.3, 0.4) is 0 Å². The highest BCUT2D eigenvalue weighted by Crippen LogP contribution is 2.08. The first-order valence-corrected chi connectivity index (χ1v) is 7.63. The van der Waals surface area contributed by atoms with Crippen molar-refractivity contribution in [3.05, 3.63) is 35.9 Å². The molecule has 0 aromatic heterocycles. The number of benzene rings is 1. The Kier molecular flexibility index (Phi) is 5.96. The Morgan fingerprint density at radius 1 is 1.37 bits per heavy atom. The van der Waals surface area contributed by atoms with E-state index in [1.165, 1.54) is 0 Å². The summed E-state index contributed by atoms with van der Waals surface area (Å²) in [6, 6.07) is 10.4. The molecule has 19 heavy (non-hydrogen) atoms. The molecule has 0 radical (unpaired) electrons. The van der Waals surface area contributed by atoms with E-state index in [4.69, 9.17) is 5.26 Å². The minimum Gasteiger partial charge on any atom is -0.395 e. The van der Waals surface area contributed by atoms with Crippen molar-refractivity contribution in [1.82, 2.24) is 4.72 Å². The van der Waals surface area contributed by atoms with Crippen molar-refractivity contribution in [3.8, 4) is 6.07 Å². The van der Waals surface area contributed by atoms with Gasteiger partial charge in [0.1, 0.15) is 0 Å². The summed E-state index contributed by atoms with van der Waals surface area (Å²) in [5, 5.41) is 17.0. The van der Waals surface area contributed by atoms with Crippen molar-refractivity contribution in [2.45, 2.75) is 31.1 Å². The zero-order valence-corrected chi connectivity index (χ0v) is 11.6. The normalized spacial score (nSPS) is 14.6. The van der Waals surface area contributed by atoms with E-state index in [1.807, 2.05) is 30.3 Å². The average Bonchev–Trinajstić information content (AvgIpc) is 2.40. The summed E-state index contributed by atoms with van der Waals surface area (Å²) in [7, 11) is -3.73. The van der Waals surface area contributed by atoms with E-state index in [9.17, 15) is 13.5 Å². The molecule has 0 fully saturated rings. The monoisotopic (exact) mass is 282 g/mol. The molecule has 0 spiro atoms. The first-order chi connectivity index (χ1) is 9.03. The van der Waals surface area contributed by atoms with E-state index in [-0.39, 0.29) is 13.0 Å². The number of nitrogens with one attached hydrogen (secondary N) is 1. The molecule has 2 N–H and O–H groups in total. The molecule has 1 rings (SSSR count). The minimum atomic E-state index is -3.73. The SMILES string of the molecule is CCC(C#N)S(=O)(=O)NC(CO)Cc1ccccc1. The van der Waals surface area contributed by atoms with Gasteiger partial charge < -0.3 is 5.11 Å². The lowest BCUT2D eigenvalue weighted by Gasteiger charge is -2.18. The third kappa shape index (κ3) is 4.63. The van der Waals surface area contributed by atoms with Crippen LogP contribution in [0.5, 0.6) is 0 Å². The zero-order valence-electron chi connectivity index (χ0n) is 10.8. The van der Waals surface area contributed by atoms with E-state index >= 15 is 0 Å². The van der Waals surface area contributed by atoms with E-state index in [2.05, 4.69) is 4.72 Å². The minimum absolute atomic E-state index is 0.218. The predicted octanol–water partition coefficient (Wildman–Crippen LogP) is 0.812. The highest BCUT2D eigenvalue weighted by molar-refractivity contribution is 7.90.